The second kappa shape index (κ2) is 9.59. The zero-order valence-electron chi connectivity index (χ0n) is 17.2. The Bertz CT molecular complexity index is 1150. The molecule has 0 aliphatic heterocycles. The summed E-state index contributed by atoms with van der Waals surface area (Å²) in [5.74, 6) is -0.657. The monoisotopic (exact) mass is 441 g/mol. The van der Waals surface area contributed by atoms with Gasteiger partial charge in [0.1, 0.15) is 0 Å². The highest BCUT2D eigenvalue weighted by molar-refractivity contribution is 7.89. The van der Waals surface area contributed by atoms with Gasteiger partial charge in [-0.05, 0) is 54.6 Å². The predicted octanol–water partition coefficient (Wildman–Crippen LogP) is 3.81. The Balaban J connectivity index is 1.70. The van der Waals surface area contributed by atoms with Gasteiger partial charge < -0.3 is 15.1 Å². The van der Waals surface area contributed by atoms with Gasteiger partial charge in [-0.25, -0.2) is 8.42 Å². The SMILES string of the molecule is CCN(CC)S(=O)(=O)c1ccc(NC(=O)c2cccc(NC(=O)c3ccco3)c2)cc1. The highest BCUT2D eigenvalue weighted by Crippen LogP contribution is 2.19. The molecule has 0 atom stereocenters. The molecule has 0 saturated heterocycles. The van der Waals surface area contributed by atoms with Crippen LogP contribution in [0.1, 0.15) is 34.8 Å². The number of hydrogen-bond donors (Lipinski definition) is 2. The third kappa shape index (κ3) is 5.19. The van der Waals surface area contributed by atoms with Crippen LogP contribution >= 0.6 is 0 Å². The number of carbonyl (C=O) groups excluding carboxylic acids is 2. The minimum Gasteiger partial charge on any atom is -0.459 e. The summed E-state index contributed by atoms with van der Waals surface area (Å²) < 4.78 is 31.5. The van der Waals surface area contributed by atoms with E-state index < -0.39 is 21.8 Å². The predicted molar refractivity (Wildman–Crippen MR) is 118 cm³/mol. The number of amides is 2. The summed E-state index contributed by atoms with van der Waals surface area (Å²) in [6, 6.07) is 15.6. The Morgan fingerprint density at radius 3 is 2.16 bits per heavy atom. The minimum atomic E-state index is -3.56. The average Bonchev–Trinajstić information content (AvgIpc) is 3.30. The van der Waals surface area contributed by atoms with E-state index in [-0.39, 0.29) is 10.7 Å². The van der Waals surface area contributed by atoms with Gasteiger partial charge in [-0.15, -0.1) is 0 Å². The summed E-state index contributed by atoms with van der Waals surface area (Å²) in [5.41, 5.74) is 1.22. The van der Waals surface area contributed by atoms with Gasteiger partial charge in [-0.3, -0.25) is 9.59 Å². The number of anilines is 2. The largest absolute Gasteiger partial charge is 0.459 e. The third-order valence-electron chi connectivity index (χ3n) is 4.58. The first kappa shape index (κ1) is 22.3. The fourth-order valence-corrected chi connectivity index (χ4v) is 4.42. The Kier molecular flexibility index (Phi) is 6.88. The van der Waals surface area contributed by atoms with Gasteiger partial charge >= 0.3 is 0 Å². The van der Waals surface area contributed by atoms with E-state index in [2.05, 4.69) is 10.6 Å². The summed E-state index contributed by atoms with van der Waals surface area (Å²) in [6.45, 7) is 4.32. The van der Waals surface area contributed by atoms with Gasteiger partial charge in [-0.2, -0.15) is 4.31 Å². The fraction of sp³-hybridized carbons (Fsp3) is 0.182. The number of hydrogen-bond acceptors (Lipinski definition) is 5. The second-order valence-corrected chi connectivity index (χ2v) is 8.52. The topological polar surface area (TPSA) is 109 Å². The van der Waals surface area contributed by atoms with Crippen molar-refractivity contribution in [2.75, 3.05) is 23.7 Å². The number of sulfonamides is 1. The molecule has 0 aliphatic rings. The van der Waals surface area contributed by atoms with E-state index >= 15 is 0 Å². The lowest BCUT2D eigenvalue weighted by Gasteiger charge is -2.18. The van der Waals surface area contributed by atoms with Crippen molar-refractivity contribution in [1.82, 2.24) is 4.31 Å². The van der Waals surface area contributed by atoms with Crippen molar-refractivity contribution in [2.45, 2.75) is 18.7 Å². The number of furan rings is 1. The molecule has 0 radical (unpaired) electrons. The van der Waals surface area contributed by atoms with E-state index in [1.54, 1.807) is 38.1 Å². The zero-order chi connectivity index (χ0) is 22.4. The molecule has 1 heterocycles. The molecule has 0 unspecified atom stereocenters. The molecule has 0 aliphatic carbocycles. The van der Waals surface area contributed by atoms with E-state index in [1.165, 1.54) is 47.0 Å². The normalized spacial score (nSPS) is 11.3. The van der Waals surface area contributed by atoms with Crippen LogP contribution in [0.4, 0.5) is 11.4 Å². The first-order valence-corrected chi connectivity index (χ1v) is 11.2. The van der Waals surface area contributed by atoms with Crippen LogP contribution in [0.25, 0.3) is 0 Å². The number of carbonyl (C=O) groups is 2. The molecule has 9 heteroatoms. The molecule has 2 N–H and O–H groups in total. The molecule has 2 amide bonds. The molecule has 0 bridgehead atoms. The minimum absolute atomic E-state index is 0.162. The highest BCUT2D eigenvalue weighted by Gasteiger charge is 2.21. The van der Waals surface area contributed by atoms with Gasteiger partial charge in [-0.1, -0.05) is 19.9 Å². The van der Waals surface area contributed by atoms with Crippen LogP contribution in [-0.2, 0) is 10.0 Å². The van der Waals surface area contributed by atoms with Crippen molar-refractivity contribution < 1.29 is 22.4 Å². The molecule has 3 aromatic rings. The van der Waals surface area contributed by atoms with E-state index in [0.29, 0.717) is 30.0 Å². The van der Waals surface area contributed by atoms with Crippen LogP contribution in [0.3, 0.4) is 0 Å². The van der Waals surface area contributed by atoms with Crippen molar-refractivity contribution in [3.8, 4) is 0 Å². The summed E-state index contributed by atoms with van der Waals surface area (Å²) in [7, 11) is -3.56. The van der Waals surface area contributed by atoms with E-state index in [1.807, 2.05) is 0 Å². The Hall–Kier alpha value is -3.43. The van der Waals surface area contributed by atoms with Gasteiger partial charge in [0.25, 0.3) is 11.8 Å². The van der Waals surface area contributed by atoms with Gasteiger partial charge in [0, 0.05) is 30.0 Å². The van der Waals surface area contributed by atoms with Crippen LogP contribution in [0.15, 0.2) is 76.2 Å². The highest BCUT2D eigenvalue weighted by atomic mass is 32.2. The first-order chi connectivity index (χ1) is 14.8. The Morgan fingerprint density at radius 1 is 0.871 bits per heavy atom. The number of nitrogens with one attached hydrogen (secondary N) is 2. The standard InChI is InChI=1S/C22H23N3O5S/c1-3-25(4-2)31(28,29)19-12-10-17(11-13-19)23-21(26)16-7-5-8-18(15-16)24-22(27)20-9-6-14-30-20/h5-15H,3-4H2,1-2H3,(H,23,26)(H,24,27). The van der Waals surface area contributed by atoms with Crippen molar-refractivity contribution in [3.05, 3.63) is 78.3 Å². The van der Waals surface area contributed by atoms with E-state index in [4.69, 9.17) is 4.42 Å². The maximum absolute atomic E-state index is 12.6. The van der Waals surface area contributed by atoms with Crippen LogP contribution in [0.5, 0.6) is 0 Å². The molecular weight excluding hydrogens is 418 g/mol. The van der Waals surface area contributed by atoms with Crippen LogP contribution in [0, 0.1) is 0 Å². The third-order valence-corrected chi connectivity index (χ3v) is 6.65. The van der Waals surface area contributed by atoms with Crippen LogP contribution in [0.2, 0.25) is 0 Å². The summed E-state index contributed by atoms with van der Waals surface area (Å²) in [5, 5.41) is 5.39. The zero-order valence-corrected chi connectivity index (χ0v) is 18.0. The number of nitrogens with zero attached hydrogens (tertiary/aromatic N) is 1. The van der Waals surface area contributed by atoms with Crippen LogP contribution < -0.4 is 10.6 Å². The molecule has 0 fully saturated rings. The lowest BCUT2D eigenvalue weighted by Crippen LogP contribution is -2.30. The molecule has 0 spiro atoms. The molecule has 3 rings (SSSR count). The smallest absolute Gasteiger partial charge is 0.291 e. The number of rotatable bonds is 8. The maximum Gasteiger partial charge on any atom is 0.291 e. The van der Waals surface area contributed by atoms with Gasteiger partial charge in [0.15, 0.2) is 5.76 Å². The summed E-state index contributed by atoms with van der Waals surface area (Å²) in [6.07, 6.45) is 1.40. The first-order valence-electron chi connectivity index (χ1n) is 9.71. The quantitative estimate of drug-likeness (QED) is 0.552. The van der Waals surface area contributed by atoms with Crippen molar-refractivity contribution in [1.29, 1.82) is 0 Å². The van der Waals surface area contributed by atoms with Gasteiger partial charge in [0.2, 0.25) is 10.0 Å². The number of benzene rings is 2. The molecule has 31 heavy (non-hydrogen) atoms. The van der Waals surface area contributed by atoms with Gasteiger partial charge in [0.05, 0.1) is 11.2 Å². The average molecular weight is 442 g/mol. The molecular formula is C22H23N3O5S. The van der Waals surface area contributed by atoms with Crippen molar-refractivity contribution in [3.63, 3.8) is 0 Å². The van der Waals surface area contributed by atoms with Crippen LogP contribution in [-0.4, -0.2) is 37.6 Å². The van der Waals surface area contributed by atoms with Crippen molar-refractivity contribution >= 4 is 33.2 Å². The second-order valence-electron chi connectivity index (χ2n) is 6.58. The summed E-state index contributed by atoms with van der Waals surface area (Å²) in [4.78, 5) is 24.9. The lowest BCUT2D eigenvalue weighted by molar-refractivity contribution is 0.0993. The maximum atomic E-state index is 12.6. The Labute approximate surface area is 180 Å². The van der Waals surface area contributed by atoms with E-state index in [9.17, 15) is 18.0 Å². The summed E-state index contributed by atoms with van der Waals surface area (Å²) >= 11 is 0. The Morgan fingerprint density at radius 2 is 1.55 bits per heavy atom. The molecule has 0 saturated carbocycles. The fourth-order valence-electron chi connectivity index (χ4n) is 2.96. The molecule has 8 nitrogen and oxygen atoms in total. The molecule has 162 valence electrons. The molecule has 1 aromatic heterocycles. The van der Waals surface area contributed by atoms with E-state index in [0.717, 1.165) is 0 Å². The lowest BCUT2D eigenvalue weighted by atomic mass is 10.1. The van der Waals surface area contributed by atoms with Crippen molar-refractivity contribution in [2.24, 2.45) is 0 Å². The molecule has 2 aromatic carbocycles.